The maximum atomic E-state index is 12.9. The van der Waals surface area contributed by atoms with Crippen molar-refractivity contribution in [2.45, 2.75) is 17.9 Å². The molecule has 2 nitrogen and oxygen atoms in total. The second-order valence-corrected chi connectivity index (χ2v) is 6.65. The van der Waals surface area contributed by atoms with Crippen LogP contribution in [-0.4, -0.2) is 11.7 Å². The van der Waals surface area contributed by atoms with Crippen molar-refractivity contribution in [1.29, 1.82) is 0 Å². The van der Waals surface area contributed by atoms with Gasteiger partial charge in [0, 0.05) is 4.90 Å². The van der Waals surface area contributed by atoms with Crippen LogP contribution in [0.4, 0.5) is 4.39 Å². The summed E-state index contributed by atoms with van der Waals surface area (Å²) < 4.78 is 12.9. The quantitative estimate of drug-likeness (QED) is 0.667. The lowest BCUT2D eigenvalue weighted by molar-refractivity contribution is -0.119. The number of carbonyl (C=O) groups excluding carboxylic acids is 1. The van der Waals surface area contributed by atoms with E-state index < -0.39 is 0 Å². The maximum Gasteiger partial charge on any atom is 0.230 e. The predicted octanol–water partition coefficient (Wildman–Crippen LogP) is 4.95. The first-order valence-corrected chi connectivity index (χ1v) is 8.77. The second kappa shape index (κ2) is 7.49. The fourth-order valence-electron chi connectivity index (χ4n) is 2.67. The molecular weight excluding hydrogens is 321 g/mol. The Morgan fingerprint density at radius 2 is 1.75 bits per heavy atom. The van der Waals surface area contributed by atoms with E-state index in [2.05, 4.69) is 23.5 Å². The van der Waals surface area contributed by atoms with Gasteiger partial charge in [0.1, 0.15) is 5.82 Å². The molecule has 0 bridgehead atoms. The lowest BCUT2D eigenvalue weighted by Gasteiger charge is -2.16. The minimum Gasteiger partial charge on any atom is -0.349 e. The Morgan fingerprint density at radius 1 is 1.04 bits per heavy atom. The molecule has 1 unspecified atom stereocenters. The first-order valence-electron chi connectivity index (χ1n) is 7.79. The zero-order valence-electron chi connectivity index (χ0n) is 13.3. The highest BCUT2D eigenvalue weighted by Crippen LogP contribution is 2.24. The van der Waals surface area contributed by atoms with E-state index in [1.165, 1.54) is 23.9 Å². The minimum atomic E-state index is -0.270. The van der Waals surface area contributed by atoms with E-state index in [0.717, 1.165) is 21.2 Å². The van der Waals surface area contributed by atoms with E-state index in [9.17, 15) is 9.18 Å². The van der Waals surface area contributed by atoms with Crippen molar-refractivity contribution in [2.75, 3.05) is 5.75 Å². The smallest absolute Gasteiger partial charge is 0.230 e. The largest absolute Gasteiger partial charge is 0.349 e. The molecule has 0 fully saturated rings. The number of benzene rings is 3. The van der Waals surface area contributed by atoms with Crippen LogP contribution in [-0.2, 0) is 4.79 Å². The Kier molecular flexibility index (Phi) is 5.16. The fourth-order valence-corrected chi connectivity index (χ4v) is 3.38. The molecule has 0 saturated heterocycles. The molecule has 24 heavy (non-hydrogen) atoms. The van der Waals surface area contributed by atoms with Crippen LogP contribution in [0.1, 0.15) is 18.5 Å². The average Bonchev–Trinajstić information content (AvgIpc) is 2.60. The number of halogens is 1. The number of nitrogens with one attached hydrogen (secondary N) is 1. The van der Waals surface area contributed by atoms with Gasteiger partial charge in [0.25, 0.3) is 0 Å². The van der Waals surface area contributed by atoms with E-state index in [1.54, 1.807) is 12.1 Å². The van der Waals surface area contributed by atoms with Gasteiger partial charge in [-0.1, -0.05) is 42.5 Å². The number of carbonyl (C=O) groups is 1. The summed E-state index contributed by atoms with van der Waals surface area (Å²) in [5.74, 6) is -0.000991. The van der Waals surface area contributed by atoms with Gasteiger partial charge in [-0.05, 0) is 47.5 Å². The van der Waals surface area contributed by atoms with Crippen molar-refractivity contribution < 1.29 is 9.18 Å². The van der Waals surface area contributed by atoms with Crippen LogP contribution in [0.25, 0.3) is 10.8 Å². The Balaban J connectivity index is 1.64. The van der Waals surface area contributed by atoms with Crippen molar-refractivity contribution in [3.05, 3.63) is 78.1 Å². The fraction of sp³-hybridized carbons (Fsp3) is 0.150. The minimum absolute atomic E-state index is 0.0373. The van der Waals surface area contributed by atoms with Gasteiger partial charge in [-0.15, -0.1) is 11.8 Å². The third-order valence-electron chi connectivity index (χ3n) is 3.85. The summed E-state index contributed by atoms with van der Waals surface area (Å²) in [5.41, 5.74) is 1.10. The molecule has 1 atom stereocenters. The van der Waals surface area contributed by atoms with Crippen molar-refractivity contribution in [1.82, 2.24) is 5.32 Å². The molecule has 0 aliphatic heterocycles. The SMILES string of the molecule is CC(NC(=O)CSc1ccc(F)cc1)c1cccc2ccccc12. The molecule has 0 spiro atoms. The monoisotopic (exact) mass is 339 g/mol. The second-order valence-electron chi connectivity index (χ2n) is 5.60. The van der Waals surface area contributed by atoms with E-state index >= 15 is 0 Å². The van der Waals surface area contributed by atoms with Crippen molar-refractivity contribution in [2.24, 2.45) is 0 Å². The van der Waals surface area contributed by atoms with Gasteiger partial charge >= 0.3 is 0 Å². The summed E-state index contributed by atoms with van der Waals surface area (Å²) in [7, 11) is 0. The number of fused-ring (bicyclic) bond motifs is 1. The highest BCUT2D eigenvalue weighted by atomic mass is 32.2. The molecule has 0 radical (unpaired) electrons. The molecule has 0 aromatic heterocycles. The zero-order valence-corrected chi connectivity index (χ0v) is 14.1. The molecule has 1 amide bonds. The van der Waals surface area contributed by atoms with Crippen molar-refractivity contribution in [3.63, 3.8) is 0 Å². The summed E-state index contributed by atoms with van der Waals surface area (Å²) in [4.78, 5) is 13.1. The van der Waals surface area contributed by atoms with E-state index in [1.807, 2.05) is 31.2 Å². The van der Waals surface area contributed by atoms with Gasteiger partial charge < -0.3 is 5.32 Å². The molecule has 0 saturated carbocycles. The molecule has 3 aromatic carbocycles. The van der Waals surface area contributed by atoms with Gasteiger partial charge in [0.2, 0.25) is 5.91 Å². The van der Waals surface area contributed by atoms with Crippen LogP contribution in [0, 0.1) is 5.82 Å². The van der Waals surface area contributed by atoms with Crippen LogP contribution in [0.5, 0.6) is 0 Å². The molecular formula is C20H18FNOS. The Hall–Kier alpha value is -2.33. The lowest BCUT2D eigenvalue weighted by atomic mass is 10.00. The highest BCUT2D eigenvalue weighted by molar-refractivity contribution is 8.00. The van der Waals surface area contributed by atoms with Crippen LogP contribution < -0.4 is 5.32 Å². The molecule has 0 heterocycles. The van der Waals surface area contributed by atoms with Crippen molar-refractivity contribution >= 4 is 28.4 Å². The lowest BCUT2D eigenvalue weighted by Crippen LogP contribution is -2.28. The first kappa shape index (κ1) is 16.5. The Labute approximate surface area is 145 Å². The van der Waals surface area contributed by atoms with E-state index in [4.69, 9.17) is 0 Å². The molecule has 0 aliphatic rings. The standard InChI is InChI=1S/C20H18FNOS/c1-14(18-8-4-6-15-5-2-3-7-19(15)18)22-20(23)13-24-17-11-9-16(21)10-12-17/h2-12,14H,13H2,1H3,(H,22,23). The average molecular weight is 339 g/mol. The maximum absolute atomic E-state index is 12.9. The summed E-state index contributed by atoms with van der Waals surface area (Å²) >= 11 is 1.40. The normalized spacial score (nSPS) is 12.1. The topological polar surface area (TPSA) is 29.1 Å². The number of hydrogen-bond donors (Lipinski definition) is 1. The first-order chi connectivity index (χ1) is 11.6. The predicted molar refractivity (Wildman–Crippen MR) is 97.6 cm³/mol. The van der Waals surface area contributed by atoms with Crippen LogP contribution in [0.3, 0.4) is 0 Å². The summed E-state index contributed by atoms with van der Waals surface area (Å²) in [6.45, 7) is 1.99. The molecule has 3 aromatic rings. The van der Waals surface area contributed by atoms with Crippen LogP contribution in [0.2, 0.25) is 0 Å². The van der Waals surface area contributed by atoms with Crippen molar-refractivity contribution in [3.8, 4) is 0 Å². The van der Waals surface area contributed by atoms with Gasteiger partial charge in [0.15, 0.2) is 0 Å². The molecule has 1 N–H and O–H groups in total. The number of thioether (sulfide) groups is 1. The number of amides is 1. The molecule has 122 valence electrons. The van der Waals surface area contributed by atoms with Gasteiger partial charge in [-0.3, -0.25) is 4.79 Å². The van der Waals surface area contributed by atoms with Gasteiger partial charge in [-0.25, -0.2) is 4.39 Å². The highest BCUT2D eigenvalue weighted by Gasteiger charge is 2.12. The third-order valence-corrected chi connectivity index (χ3v) is 4.86. The zero-order chi connectivity index (χ0) is 16.9. The van der Waals surface area contributed by atoms with E-state index in [-0.39, 0.29) is 17.8 Å². The molecule has 3 rings (SSSR count). The van der Waals surface area contributed by atoms with Crippen LogP contribution >= 0.6 is 11.8 Å². The van der Waals surface area contributed by atoms with Gasteiger partial charge in [0.05, 0.1) is 11.8 Å². The van der Waals surface area contributed by atoms with E-state index in [0.29, 0.717) is 5.75 Å². The van der Waals surface area contributed by atoms with Crippen LogP contribution in [0.15, 0.2) is 71.6 Å². The third kappa shape index (κ3) is 3.95. The Bertz CT molecular complexity index is 842. The molecule has 0 aliphatic carbocycles. The van der Waals surface area contributed by atoms with Gasteiger partial charge in [-0.2, -0.15) is 0 Å². The summed E-state index contributed by atoms with van der Waals surface area (Å²) in [6.07, 6.45) is 0. The summed E-state index contributed by atoms with van der Waals surface area (Å²) in [5, 5.41) is 5.35. The Morgan fingerprint density at radius 3 is 2.54 bits per heavy atom. The summed E-state index contributed by atoms with van der Waals surface area (Å²) in [6, 6.07) is 20.4. The number of hydrogen-bond acceptors (Lipinski definition) is 2. The molecule has 4 heteroatoms. The number of rotatable bonds is 5.